The highest BCUT2D eigenvalue weighted by Crippen LogP contribution is 2.46. The largest absolute Gasteiger partial charge is 0.465 e. The number of carbonyl (C=O) groups is 1. The van der Waals surface area contributed by atoms with Gasteiger partial charge in [0.2, 0.25) is 0 Å². The molecule has 1 fully saturated rings. The van der Waals surface area contributed by atoms with Crippen LogP contribution < -0.4 is 0 Å². The first-order valence-corrected chi connectivity index (χ1v) is 10.7. The van der Waals surface area contributed by atoms with E-state index in [2.05, 4.69) is 13.8 Å². The zero-order chi connectivity index (χ0) is 21.7. The van der Waals surface area contributed by atoms with Crippen molar-refractivity contribution in [2.75, 3.05) is 13.2 Å². The Balaban J connectivity index is 1.90. The number of hydrogen-bond donors (Lipinski definition) is 1. The number of benzene rings is 1. The van der Waals surface area contributed by atoms with Gasteiger partial charge in [-0.1, -0.05) is 44.2 Å². The molecular formula is C24H38O5. The van der Waals surface area contributed by atoms with Crippen molar-refractivity contribution in [3.05, 3.63) is 35.9 Å². The standard InChI is InChI=1S/C24H38O5/c1-18(2)24(14-15-28-21(26)22(3,4)5)13-12-23(6,29-24)20(25)17-27-16-19-10-8-7-9-11-19/h7-11,18,20,25H,12-17H2,1-6H3/t20-,23+,24+/m0/s1. The van der Waals surface area contributed by atoms with E-state index in [0.29, 0.717) is 19.6 Å². The maximum Gasteiger partial charge on any atom is 0.311 e. The SMILES string of the molecule is CC(C)[C@]1(CCOC(=O)C(C)(C)C)CC[C@](C)([C@@H](O)COCc2ccccc2)O1. The molecule has 0 spiro atoms. The van der Waals surface area contributed by atoms with Crippen molar-refractivity contribution < 1.29 is 24.1 Å². The van der Waals surface area contributed by atoms with Gasteiger partial charge < -0.3 is 19.3 Å². The van der Waals surface area contributed by atoms with Crippen LogP contribution in [0.2, 0.25) is 0 Å². The number of rotatable bonds is 9. The lowest BCUT2D eigenvalue weighted by atomic mass is 9.84. The summed E-state index contributed by atoms with van der Waals surface area (Å²) in [5, 5.41) is 10.8. The summed E-state index contributed by atoms with van der Waals surface area (Å²) in [5.74, 6) is 0.0432. The second-order valence-electron chi connectivity index (χ2n) is 9.79. The molecule has 5 heteroatoms. The van der Waals surface area contributed by atoms with Crippen molar-refractivity contribution >= 4 is 5.97 Å². The van der Waals surface area contributed by atoms with E-state index < -0.39 is 22.7 Å². The summed E-state index contributed by atoms with van der Waals surface area (Å²) in [6.45, 7) is 12.8. The minimum Gasteiger partial charge on any atom is -0.465 e. The number of aliphatic hydroxyl groups is 1. The third-order valence-corrected chi connectivity index (χ3v) is 6.00. The third-order valence-electron chi connectivity index (χ3n) is 6.00. The zero-order valence-electron chi connectivity index (χ0n) is 18.9. The van der Waals surface area contributed by atoms with Gasteiger partial charge in [0.1, 0.15) is 6.10 Å². The molecular weight excluding hydrogens is 368 g/mol. The second-order valence-corrected chi connectivity index (χ2v) is 9.79. The molecule has 5 nitrogen and oxygen atoms in total. The Morgan fingerprint density at radius 3 is 2.45 bits per heavy atom. The Morgan fingerprint density at radius 2 is 1.86 bits per heavy atom. The molecule has 1 N–H and O–H groups in total. The predicted octanol–water partition coefficient (Wildman–Crippen LogP) is 4.51. The molecule has 29 heavy (non-hydrogen) atoms. The molecule has 2 rings (SSSR count). The van der Waals surface area contributed by atoms with Gasteiger partial charge in [0.15, 0.2) is 0 Å². The average Bonchev–Trinajstić information content (AvgIpc) is 3.01. The first kappa shape index (κ1) is 23.8. The molecule has 1 heterocycles. The Bertz CT molecular complexity index is 651. The van der Waals surface area contributed by atoms with Gasteiger partial charge in [-0.2, -0.15) is 0 Å². The Hall–Kier alpha value is -1.43. The monoisotopic (exact) mass is 406 g/mol. The number of carbonyl (C=O) groups excluding carboxylic acids is 1. The maximum atomic E-state index is 12.1. The van der Waals surface area contributed by atoms with E-state index >= 15 is 0 Å². The highest BCUT2D eigenvalue weighted by molar-refractivity contribution is 5.75. The molecule has 0 saturated carbocycles. The second kappa shape index (κ2) is 9.59. The van der Waals surface area contributed by atoms with E-state index in [0.717, 1.165) is 18.4 Å². The van der Waals surface area contributed by atoms with Crippen molar-refractivity contribution in [2.24, 2.45) is 11.3 Å². The summed E-state index contributed by atoms with van der Waals surface area (Å²) in [6.07, 6.45) is 1.47. The smallest absolute Gasteiger partial charge is 0.311 e. The molecule has 0 amide bonds. The number of hydrogen-bond acceptors (Lipinski definition) is 5. The molecule has 164 valence electrons. The number of aliphatic hydroxyl groups excluding tert-OH is 1. The Kier molecular flexibility index (Phi) is 7.88. The van der Waals surface area contributed by atoms with E-state index in [1.807, 2.05) is 58.0 Å². The van der Waals surface area contributed by atoms with Gasteiger partial charge in [-0.15, -0.1) is 0 Å². The van der Waals surface area contributed by atoms with Gasteiger partial charge in [-0.25, -0.2) is 0 Å². The predicted molar refractivity (Wildman–Crippen MR) is 113 cm³/mol. The fraction of sp³-hybridized carbons (Fsp3) is 0.708. The summed E-state index contributed by atoms with van der Waals surface area (Å²) in [5.41, 5.74) is -0.514. The molecule has 0 unspecified atom stereocenters. The lowest BCUT2D eigenvalue weighted by Gasteiger charge is -2.38. The van der Waals surface area contributed by atoms with Crippen molar-refractivity contribution in [2.45, 2.75) is 84.7 Å². The van der Waals surface area contributed by atoms with Gasteiger partial charge in [0.25, 0.3) is 0 Å². The van der Waals surface area contributed by atoms with E-state index in [-0.39, 0.29) is 18.5 Å². The van der Waals surface area contributed by atoms with Crippen LogP contribution in [0.15, 0.2) is 30.3 Å². The van der Waals surface area contributed by atoms with Crippen LogP contribution >= 0.6 is 0 Å². The Labute approximate surface area is 175 Å². The first-order chi connectivity index (χ1) is 13.5. The summed E-state index contributed by atoms with van der Waals surface area (Å²) in [7, 11) is 0. The number of esters is 1. The molecule has 1 saturated heterocycles. The van der Waals surface area contributed by atoms with Gasteiger partial charge in [0, 0.05) is 6.42 Å². The van der Waals surface area contributed by atoms with Gasteiger partial charge in [-0.05, 0) is 52.0 Å². The lowest BCUT2D eigenvalue weighted by Crippen LogP contribution is -2.47. The highest BCUT2D eigenvalue weighted by Gasteiger charge is 2.51. The van der Waals surface area contributed by atoms with Crippen LogP contribution in [0.4, 0.5) is 0 Å². The average molecular weight is 407 g/mol. The maximum absolute atomic E-state index is 12.1. The summed E-state index contributed by atoms with van der Waals surface area (Å²) in [6, 6.07) is 9.92. The lowest BCUT2D eigenvalue weighted by molar-refractivity contribution is -0.183. The highest BCUT2D eigenvalue weighted by atomic mass is 16.6. The zero-order valence-corrected chi connectivity index (χ0v) is 18.9. The summed E-state index contributed by atoms with van der Waals surface area (Å²) < 4.78 is 17.7. The molecule has 0 aromatic heterocycles. The van der Waals surface area contributed by atoms with Crippen LogP contribution in [0.5, 0.6) is 0 Å². The molecule has 3 atom stereocenters. The van der Waals surface area contributed by atoms with Crippen LogP contribution in [0.3, 0.4) is 0 Å². The van der Waals surface area contributed by atoms with Crippen LogP contribution in [-0.4, -0.2) is 41.6 Å². The number of ether oxygens (including phenoxy) is 3. The quantitative estimate of drug-likeness (QED) is 0.612. The normalized spacial score (nSPS) is 25.9. The molecule has 1 aromatic rings. The molecule has 0 aliphatic carbocycles. The van der Waals surface area contributed by atoms with Gasteiger partial charge in [0.05, 0.1) is 36.4 Å². The van der Waals surface area contributed by atoms with E-state index in [1.54, 1.807) is 0 Å². The molecule has 1 aliphatic rings. The minimum absolute atomic E-state index is 0.202. The Morgan fingerprint density at radius 1 is 1.21 bits per heavy atom. The van der Waals surface area contributed by atoms with Crippen LogP contribution in [0.1, 0.15) is 66.4 Å². The van der Waals surface area contributed by atoms with Crippen LogP contribution in [0, 0.1) is 11.3 Å². The molecule has 0 bridgehead atoms. The van der Waals surface area contributed by atoms with Crippen molar-refractivity contribution in [3.8, 4) is 0 Å². The van der Waals surface area contributed by atoms with Crippen LogP contribution in [-0.2, 0) is 25.6 Å². The van der Waals surface area contributed by atoms with Gasteiger partial charge >= 0.3 is 5.97 Å². The molecule has 1 aromatic carbocycles. The van der Waals surface area contributed by atoms with Gasteiger partial charge in [-0.3, -0.25) is 4.79 Å². The third kappa shape index (κ3) is 6.27. The first-order valence-electron chi connectivity index (χ1n) is 10.7. The van der Waals surface area contributed by atoms with Crippen molar-refractivity contribution in [3.63, 3.8) is 0 Å². The van der Waals surface area contributed by atoms with Crippen LogP contribution in [0.25, 0.3) is 0 Å². The topological polar surface area (TPSA) is 65.0 Å². The molecule has 1 aliphatic heterocycles. The van der Waals surface area contributed by atoms with E-state index in [1.165, 1.54) is 0 Å². The summed E-state index contributed by atoms with van der Waals surface area (Å²) >= 11 is 0. The fourth-order valence-electron chi connectivity index (χ4n) is 3.70. The van der Waals surface area contributed by atoms with E-state index in [9.17, 15) is 9.90 Å². The fourth-order valence-corrected chi connectivity index (χ4v) is 3.70. The van der Waals surface area contributed by atoms with Crippen molar-refractivity contribution in [1.82, 2.24) is 0 Å². The van der Waals surface area contributed by atoms with E-state index in [4.69, 9.17) is 14.2 Å². The summed E-state index contributed by atoms with van der Waals surface area (Å²) in [4.78, 5) is 12.1. The molecule has 0 radical (unpaired) electrons. The minimum atomic E-state index is -0.719. The van der Waals surface area contributed by atoms with Crippen molar-refractivity contribution in [1.29, 1.82) is 0 Å².